The number of amides is 1. The van der Waals surface area contributed by atoms with Crippen LogP contribution in [0.25, 0.3) is 11.1 Å². The highest BCUT2D eigenvalue weighted by Gasteiger charge is 2.56. The van der Waals surface area contributed by atoms with E-state index in [1.807, 2.05) is 0 Å². The largest absolute Gasteiger partial charge is 0.366 e. The highest BCUT2D eigenvalue weighted by atomic mass is 19.3. The van der Waals surface area contributed by atoms with E-state index in [1.54, 1.807) is 12.1 Å². The van der Waals surface area contributed by atoms with Crippen molar-refractivity contribution >= 4 is 17.5 Å². The third-order valence-corrected chi connectivity index (χ3v) is 7.94. The van der Waals surface area contributed by atoms with Crippen LogP contribution in [0.5, 0.6) is 0 Å². The zero-order chi connectivity index (χ0) is 30.6. The number of primary amides is 1. The summed E-state index contributed by atoms with van der Waals surface area (Å²) in [4.78, 5) is 42.1. The Morgan fingerprint density at radius 1 is 1.02 bits per heavy atom. The van der Waals surface area contributed by atoms with Crippen molar-refractivity contribution < 1.29 is 36.3 Å². The number of nitrogens with two attached hydrogens (primary N) is 1. The Bertz CT molecular complexity index is 1780. The first-order valence-corrected chi connectivity index (χ1v) is 13.5. The van der Waals surface area contributed by atoms with E-state index in [2.05, 4.69) is 10.1 Å². The van der Waals surface area contributed by atoms with Gasteiger partial charge in [0.05, 0.1) is 11.3 Å². The van der Waals surface area contributed by atoms with Crippen molar-refractivity contribution in [1.29, 1.82) is 0 Å². The quantitative estimate of drug-likeness (QED) is 0.238. The van der Waals surface area contributed by atoms with Crippen LogP contribution in [0.15, 0.2) is 54.7 Å². The third-order valence-electron chi connectivity index (χ3n) is 7.94. The molecular weight excluding hydrogens is 571 g/mol. The van der Waals surface area contributed by atoms with E-state index >= 15 is 0 Å². The molecule has 2 heterocycles. The number of alkyl halides is 2. The smallest absolute Gasteiger partial charge is 0.280 e. The monoisotopic (exact) mass is 594 g/mol. The van der Waals surface area contributed by atoms with Crippen LogP contribution in [-0.4, -0.2) is 32.2 Å². The molecule has 0 saturated heterocycles. The Morgan fingerprint density at radius 2 is 1.77 bits per heavy atom. The van der Waals surface area contributed by atoms with Gasteiger partial charge >= 0.3 is 0 Å². The number of rotatable bonds is 10. The second-order valence-corrected chi connectivity index (χ2v) is 10.8. The Hall–Kier alpha value is -4.74. The van der Waals surface area contributed by atoms with Crippen molar-refractivity contribution in [3.8, 4) is 11.1 Å². The van der Waals surface area contributed by atoms with E-state index < -0.39 is 53.7 Å². The van der Waals surface area contributed by atoms with Crippen molar-refractivity contribution in [3.05, 3.63) is 106 Å². The first-order chi connectivity index (χ1) is 20.5. The molecule has 2 aliphatic carbocycles. The Labute approximate surface area is 241 Å². The molecule has 1 fully saturated rings. The molecule has 0 spiro atoms. The number of benzene rings is 2. The van der Waals surface area contributed by atoms with Gasteiger partial charge in [-0.25, -0.2) is 22.0 Å². The topological polar surface area (TPSA) is 108 Å². The highest BCUT2D eigenvalue weighted by Crippen LogP contribution is 2.58. The van der Waals surface area contributed by atoms with E-state index in [0.717, 1.165) is 22.9 Å². The van der Waals surface area contributed by atoms with E-state index in [4.69, 9.17) is 5.73 Å². The molecule has 43 heavy (non-hydrogen) atoms. The Balaban J connectivity index is 1.37. The van der Waals surface area contributed by atoms with Crippen LogP contribution < -0.4 is 5.73 Å². The number of halogens is 5. The fraction of sp³-hybridized carbons (Fsp3) is 0.258. The molecule has 2 unspecified atom stereocenters. The van der Waals surface area contributed by atoms with Crippen LogP contribution in [0, 0.1) is 23.4 Å². The summed E-state index contributed by atoms with van der Waals surface area (Å²) >= 11 is 0. The number of ketones is 2. The van der Waals surface area contributed by atoms with Crippen LogP contribution >= 0.6 is 0 Å². The van der Waals surface area contributed by atoms with Gasteiger partial charge in [-0.2, -0.15) is 5.10 Å². The molecule has 1 amide bonds. The summed E-state index contributed by atoms with van der Waals surface area (Å²) in [6.45, 7) is -0.560. The lowest BCUT2D eigenvalue weighted by Crippen LogP contribution is -2.19. The normalized spacial score (nSPS) is 17.6. The summed E-state index contributed by atoms with van der Waals surface area (Å²) in [5.41, 5.74) is 5.92. The van der Waals surface area contributed by atoms with E-state index in [-0.39, 0.29) is 58.5 Å². The molecule has 2 aromatic carbocycles. The van der Waals surface area contributed by atoms with Crippen LogP contribution in [0.1, 0.15) is 74.5 Å². The van der Waals surface area contributed by atoms with Gasteiger partial charge in [0, 0.05) is 41.6 Å². The van der Waals surface area contributed by atoms with Crippen molar-refractivity contribution in [3.63, 3.8) is 0 Å². The minimum Gasteiger partial charge on any atom is -0.366 e. The fourth-order valence-corrected chi connectivity index (χ4v) is 6.02. The highest BCUT2D eigenvalue weighted by molar-refractivity contribution is 6.04. The molecule has 1 saturated carbocycles. The average Bonchev–Trinajstić information content (AvgIpc) is 3.57. The first kappa shape index (κ1) is 28.4. The molecule has 3 atom stereocenters. The van der Waals surface area contributed by atoms with E-state index in [1.165, 1.54) is 18.3 Å². The zero-order valence-corrected chi connectivity index (χ0v) is 22.4. The molecule has 2 aromatic heterocycles. The number of fused-ring (bicyclic) bond motifs is 3. The molecule has 0 bridgehead atoms. The summed E-state index contributed by atoms with van der Waals surface area (Å²) in [5.74, 6) is -5.79. The zero-order valence-electron chi connectivity index (χ0n) is 22.4. The van der Waals surface area contributed by atoms with Gasteiger partial charge in [0.15, 0.2) is 11.6 Å². The Kier molecular flexibility index (Phi) is 7.15. The molecule has 0 radical (unpaired) electrons. The molecule has 6 rings (SSSR count). The van der Waals surface area contributed by atoms with Crippen LogP contribution in [-0.2, 0) is 17.8 Å². The number of nitrogens with zero attached hydrogens (tertiary/aromatic N) is 3. The first-order valence-electron chi connectivity index (χ1n) is 13.5. The van der Waals surface area contributed by atoms with Crippen molar-refractivity contribution in [2.24, 2.45) is 11.7 Å². The number of Topliss-reactive ketones (excluding diaryl/α,β-unsaturated/α-hetero) is 2. The number of hydrogen-bond acceptors (Lipinski definition) is 5. The van der Waals surface area contributed by atoms with Gasteiger partial charge < -0.3 is 5.73 Å². The van der Waals surface area contributed by atoms with Gasteiger partial charge in [0.25, 0.3) is 12.3 Å². The minimum atomic E-state index is -2.96. The maximum Gasteiger partial charge on any atom is 0.280 e. The number of aromatic nitrogens is 3. The molecule has 12 heteroatoms. The molecular formula is C31H23F5N4O3. The van der Waals surface area contributed by atoms with Crippen molar-refractivity contribution in [2.45, 2.75) is 44.1 Å². The van der Waals surface area contributed by atoms with Crippen molar-refractivity contribution in [2.75, 3.05) is 0 Å². The maximum atomic E-state index is 14.2. The summed E-state index contributed by atoms with van der Waals surface area (Å²) in [6.07, 6.45) is -1.41. The van der Waals surface area contributed by atoms with E-state index in [0.29, 0.717) is 23.6 Å². The number of carbonyl (C=O) groups excluding carboxylic acids is 3. The van der Waals surface area contributed by atoms with Gasteiger partial charge in [0.2, 0.25) is 0 Å². The lowest BCUT2D eigenvalue weighted by molar-refractivity contribution is -0.120. The lowest BCUT2D eigenvalue weighted by atomic mass is 9.86. The third kappa shape index (κ3) is 5.33. The van der Waals surface area contributed by atoms with Crippen molar-refractivity contribution in [1.82, 2.24) is 14.8 Å². The van der Waals surface area contributed by atoms with E-state index in [9.17, 15) is 36.3 Å². The Morgan fingerprint density at radius 3 is 2.47 bits per heavy atom. The van der Waals surface area contributed by atoms with Crippen LogP contribution in [0.4, 0.5) is 22.0 Å². The van der Waals surface area contributed by atoms with Gasteiger partial charge in [-0.05, 0) is 60.2 Å². The van der Waals surface area contributed by atoms with Gasteiger partial charge in [-0.3, -0.25) is 24.0 Å². The number of carbonyl (C=O) groups is 3. The molecule has 220 valence electrons. The van der Waals surface area contributed by atoms with Crippen LogP contribution in [0.2, 0.25) is 0 Å². The van der Waals surface area contributed by atoms with Gasteiger partial charge in [0.1, 0.15) is 35.4 Å². The van der Waals surface area contributed by atoms with Crippen LogP contribution in [0.3, 0.4) is 0 Å². The molecule has 7 nitrogen and oxygen atoms in total. The second-order valence-electron chi connectivity index (χ2n) is 10.8. The molecule has 4 aromatic rings. The predicted octanol–water partition coefficient (Wildman–Crippen LogP) is 5.68. The molecule has 2 aliphatic rings. The fourth-order valence-electron chi connectivity index (χ4n) is 6.02. The molecule has 0 aliphatic heterocycles. The lowest BCUT2D eigenvalue weighted by Gasteiger charge is -2.20. The summed E-state index contributed by atoms with van der Waals surface area (Å²) in [7, 11) is 0. The SMILES string of the molecule is NC(=O)c1cc(-c2cccnc2[C@@H](CC(=O)Cn2nc3c(c2C(F)F)C2CC2C3=O)Cc2cc(F)cc(F)c2)ccc1F. The van der Waals surface area contributed by atoms with Gasteiger partial charge in [-0.1, -0.05) is 12.1 Å². The minimum absolute atomic E-state index is 0.0234. The summed E-state index contributed by atoms with van der Waals surface area (Å²) in [6, 6.07) is 9.81. The summed E-state index contributed by atoms with van der Waals surface area (Å²) in [5, 5.41) is 4.07. The predicted molar refractivity (Wildman–Crippen MR) is 143 cm³/mol. The maximum absolute atomic E-state index is 14.2. The number of hydrogen-bond donors (Lipinski definition) is 1. The average molecular weight is 595 g/mol. The van der Waals surface area contributed by atoms with Gasteiger partial charge in [-0.15, -0.1) is 0 Å². The standard InChI is InChI=1S/C31H23F5N4O3/c32-17-7-14(8-18(33)11-17)6-16(26-20(2-1-5-38-26)15-3-4-24(34)23(10-15)31(37)43)9-19(41)13-40-28(30(35)36)25-21-12-22(21)29(42)27(25)39-40/h1-5,7-8,10-11,16,21-22,30H,6,9,12-13H2,(H2,37,43)/t16-,21?,22?/m1/s1. The second kappa shape index (κ2) is 10.8. The summed E-state index contributed by atoms with van der Waals surface area (Å²) < 4.78 is 71.5. The molecule has 2 N–H and O–H groups in total. The number of pyridine rings is 1.